The Balaban J connectivity index is 1.34. The van der Waals surface area contributed by atoms with Gasteiger partial charge in [0.1, 0.15) is 38.1 Å². The molecule has 1 unspecified atom stereocenters. The van der Waals surface area contributed by atoms with E-state index in [0.717, 1.165) is 0 Å². The maximum absolute atomic E-state index is 13.4. The van der Waals surface area contributed by atoms with E-state index in [9.17, 15) is 14.2 Å². The van der Waals surface area contributed by atoms with Crippen LogP contribution >= 0.6 is 19.0 Å². The van der Waals surface area contributed by atoms with Crippen LogP contribution in [0.15, 0.2) is 17.4 Å². The van der Waals surface area contributed by atoms with Crippen molar-refractivity contribution in [1.82, 2.24) is 39.0 Å². The van der Waals surface area contributed by atoms with E-state index in [4.69, 9.17) is 34.7 Å². The van der Waals surface area contributed by atoms with Crippen molar-refractivity contribution in [3.8, 4) is 0 Å². The van der Waals surface area contributed by atoms with Crippen LogP contribution in [-0.4, -0.2) is 70.6 Å². The van der Waals surface area contributed by atoms with Crippen LogP contribution in [0.3, 0.4) is 0 Å². The molecule has 5 N–H and O–H groups in total. The summed E-state index contributed by atoms with van der Waals surface area (Å²) in [5.41, 5.74) is 11.8. The summed E-state index contributed by atoms with van der Waals surface area (Å²) in [5, 5.41) is 0. The number of aromatic amines is 1. The van der Waals surface area contributed by atoms with Gasteiger partial charge in [-0.15, -0.1) is 0 Å². The molecule has 2 aliphatic rings. The molecule has 4 aromatic heterocycles. The number of fused-ring (bicyclic) bond motifs is 6. The van der Waals surface area contributed by atoms with Crippen molar-refractivity contribution in [2.24, 2.45) is 0 Å². The first-order valence-electron chi connectivity index (χ1n) is 11.5. The van der Waals surface area contributed by atoms with Crippen molar-refractivity contribution in [2.75, 3.05) is 24.7 Å². The molecule has 2 bridgehead atoms. The minimum atomic E-state index is -4.05. The molecule has 1 fully saturated rings. The normalized spacial score (nSPS) is 26.5. The first kappa shape index (κ1) is 25.5. The Labute approximate surface area is 222 Å². The van der Waals surface area contributed by atoms with E-state index >= 15 is 0 Å². The minimum Gasteiger partial charge on any atom is -0.432 e. The quantitative estimate of drug-likeness (QED) is 0.136. The second-order valence-electron chi connectivity index (χ2n) is 8.57. The lowest BCUT2D eigenvalue weighted by Crippen LogP contribution is -2.23. The molecule has 0 saturated carbocycles. The number of imidazole rings is 2. The lowest BCUT2D eigenvalue weighted by Gasteiger charge is -2.23. The summed E-state index contributed by atoms with van der Waals surface area (Å²) in [6.45, 7) is -4.56. The Bertz CT molecular complexity index is 1690. The highest BCUT2D eigenvalue weighted by Gasteiger charge is 2.43. The summed E-state index contributed by atoms with van der Waals surface area (Å²) in [5.74, 6) is 0.245. The van der Waals surface area contributed by atoms with E-state index < -0.39 is 36.9 Å². The summed E-state index contributed by atoms with van der Waals surface area (Å²) in [6, 6.07) is 0. The van der Waals surface area contributed by atoms with Crippen LogP contribution in [-0.2, 0) is 41.0 Å². The zero-order chi connectivity index (χ0) is 27.3. The molecule has 0 spiro atoms. The van der Waals surface area contributed by atoms with Gasteiger partial charge in [0.2, 0.25) is 5.95 Å². The highest BCUT2D eigenvalue weighted by atomic mass is 32.7. The first-order chi connectivity index (χ1) is 18.7. The fourth-order valence-electron chi connectivity index (χ4n) is 4.40. The second-order valence-corrected chi connectivity index (χ2v) is 11.4. The molecular weight excluding hydrogens is 559 g/mol. The van der Waals surface area contributed by atoms with Gasteiger partial charge in [0.05, 0.1) is 19.0 Å². The summed E-state index contributed by atoms with van der Waals surface area (Å²) >= 11 is 4.15. The number of H-pyrrole nitrogens is 1. The number of hydrogen-bond donors (Lipinski definition) is 4. The third kappa shape index (κ3) is 4.89. The average molecular weight is 580 g/mol. The number of cyclic esters (lactones) is 2. The molecule has 20 heteroatoms. The van der Waals surface area contributed by atoms with Gasteiger partial charge in [-0.2, -0.15) is 4.98 Å². The van der Waals surface area contributed by atoms with Gasteiger partial charge in [-0.25, -0.2) is 29.3 Å². The Morgan fingerprint density at radius 1 is 1.10 bits per heavy atom. The average Bonchev–Trinajstić information content (AvgIpc) is 3.57. The third-order valence-electron chi connectivity index (χ3n) is 6.06. The van der Waals surface area contributed by atoms with Crippen LogP contribution in [0.5, 0.6) is 0 Å². The van der Waals surface area contributed by atoms with Gasteiger partial charge in [-0.1, -0.05) is 12.2 Å². The molecule has 4 aromatic rings. The number of rotatable bonds is 1. The van der Waals surface area contributed by atoms with Crippen LogP contribution in [0.1, 0.15) is 18.5 Å². The van der Waals surface area contributed by atoms with Crippen molar-refractivity contribution in [3.63, 3.8) is 0 Å². The molecule has 1 saturated heterocycles. The molecule has 6 heterocycles. The topological polar surface area (TPSA) is 239 Å². The fourth-order valence-corrected chi connectivity index (χ4v) is 5.81. The Morgan fingerprint density at radius 2 is 1.95 bits per heavy atom. The molecule has 6 rings (SSSR count). The number of nitrogen functional groups attached to an aromatic ring is 2. The zero-order valence-electron chi connectivity index (χ0n) is 19.9. The van der Waals surface area contributed by atoms with E-state index in [1.54, 1.807) is 4.57 Å². The van der Waals surface area contributed by atoms with Crippen LogP contribution < -0.4 is 17.0 Å². The molecule has 2 aliphatic heterocycles. The number of nitrogens with two attached hydrogens (primary N) is 2. The smallest absolute Gasteiger partial charge is 0.432 e. The molecule has 0 aromatic carbocycles. The van der Waals surface area contributed by atoms with Crippen molar-refractivity contribution < 1.29 is 32.6 Å². The van der Waals surface area contributed by atoms with Crippen LogP contribution in [0, 0.1) is 0 Å². The Hall–Kier alpha value is -3.77. The Kier molecular flexibility index (Phi) is 6.38. The standard InChI is InChI=1S/C19H21N10O8PS/c20-13-11-14(23-6-22-13)28-1-2-33-19(31)34-4-8-3-9(37-38(32,39)35-5-10(28)25-11)17(36-8)29-7-24-12-15(29)26-18(21)27-16(12)30/h6-9,17H,1-5H2,(H,32,39)(H2,20,22,23)(H3,21,26,27,30)/t8-,9+,17+,38?/m0/s1. The summed E-state index contributed by atoms with van der Waals surface area (Å²) < 4.78 is 44.2. The summed E-state index contributed by atoms with van der Waals surface area (Å²) in [6.07, 6.45) is -0.928. The summed E-state index contributed by atoms with van der Waals surface area (Å²) in [4.78, 5) is 47.6. The van der Waals surface area contributed by atoms with Gasteiger partial charge in [-0.3, -0.25) is 23.4 Å². The maximum Gasteiger partial charge on any atom is 0.508 e. The number of ether oxygens (including phenoxy) is 3. The molecule has 206 valence electrons. The molecule has 0 radical (unpaired) electrons. The van der Waals surface area contributed by atoms with Crippen molar-refractivity contribution in [1.29, 1.82) is 0 Å². The molecule has 0 amide bonds. The molecule has 18 nitrogen and oxygen atoms in total. The molecule has 39 heavy (non-hydrogen) atoms. The number of carbonyl (C=O) groups is 1. The lowest BCUT2D eigenvalue weighted by atomic mass is 10.2. The number of hydrogen-bond acceptors (Lipinski definition) is 15. The number of nitrogens with one attached hydrogen (secondary N) is 1. The molecule has 4 atom stereocenters. The minimum absolute atomic E-state index is 0.00329. The van der Waals surface area contributed by atoms with Gasteiger partial charge in [0, 0.05) is 6.42 Å². The summed E-state index contributed by atoms with van der Waals surface area (Å²) in [7, 11) is 0. The van der Waals surface area contributed by atoms with E-state index in [2.05, 4.69) is 42.2 Å². The van der Waals surface area contributed by atoms with Gasteiger partial charge in [0.15, 0.2) is 34.4 Å². The van der Waals surface area contributed by atoms with Gasteiger partial charge < -0.3 is 30.2 Å². The third-order valence-corrected chi connectivity index (χ3v) is 7.68. The monoisotopic (exact) mass is 580 g/mol. The first-order valence-corrected chi connectivity index (χ1v) is 14.2. The van der Waals surface area contributed by atoms with Crippen molar-refractivity contribution >= 4 is 59.3 Å². The van der Waals surface area contributed by atoms with Gasteiger partial charge in [-0.05, 0) is 0 Å². The van der Waals surface area contributed by atoms with Gasteiger partial charge in [0.25, 0.3) is 5.56 Å². The van der Waals surface area contributed by atoms with Crippen LogP contribution in [0.2, 0.25) is 0 Å². The number of thiol groups is 1. The zero-order valence-corrected chi connectivity index (χ0v) is 21.7. The largest absolute Gasteiger partial charge is 0.508 e. The molecule has 0 aliphatic carbocycles. The Morgan fingerprint density at radius 3 is 2.79 bits per heavy atom. The number of nitrogens with zero attached hydrogens (tertiary/aromatic N) is 7. The SMILES string of the molecule is Nc1nc2c(ncn2[C@@H]2O[C@@H]3COC(=O)OCCn4c(nc5c(N)ncnc54)COP(=O)(S)O[C@@H]2C3)c(=O)[nH]1. The number of anilines is 2. The van der Waals surface area contributed by atoms with E-state index in [1.807, 2.05) is 0 Å². The predicted molar refractivity (Wildman–Crippen MR) is 134 cm³/mol. The van der Waals surface area contributed by atoms with E-state index in [0.29, 0.717) is 5.65 Å². The number of carbonyl (C=O) groups excluding carboxylic acids is 1. The fraction of sp³-hybridized carbons (Fsp3) is 0.421. The predicted octanol–water partition coefficient (Wildman–Crippen LogP) is 0.518. The van der Waals surface area contributed by atoms with Crippen molar-refractivity contribution in [2.45, 2.75) is 38.0 Å². The van der Waals surface area contributed by atoms with Crippen molar-refractivity contribution in [3.05, 3.63) is 28.8 Å². The van der Waals surface area contributed by atoms with E-state index in [1.165, 1.54) is 17.2 Å². The second kappa shape index (κ2) is 9.76. The highest BCUT2D eigenvalue weighted by molar-refractivity contribution is 8.44. The lowest BCUT2D eigenvalue weighted by molar-refractivity contribution is -0.0546. The molecular formula is C19H21N10O8PS. The highest BCUT2D eigenvalue weighted by Crippen LogP contribution is 2.57. The maximum atomic E-state index is 13.4. The van der Waals surface area contributed by atoms with E-state index in [-0.39, 0.29) is 67.1 Å². The van der Waals surface area contributed by atoms with Crippen LogP contribution in [0.4, 0.5) is 16.6 Å². The van der Waals surface area contributed by atoms with Crippen LogP contribution in [0.25, 0.3) is 22.3 Å². The van der Waals surface area contributed by atoms with Gasteiger partial charge >= 0.3 is 13.0 Å². The number of aromatic nitrogens is 8.